The van der Waals surface area contributed by atoms with E-state index in [1.807, 2.05) is 35.2 Å². The standard InChI is InChI=1S/C14H14BrN3O3/c15-13-8-12(18(20)21)9-16-14(13)17(6-7-19)10-11-4-2-1-3-5-11/h1-5,8-9,19H,6-7,10H2. The van der Waals surface area contributed by atoms with Gasteiger partial charge in [-0.2, -0.15) is 0 Å². The number of aromatic nitrogens is 1. The lowest BCUT2D eigenvalue weighted by Gasteiger charge is -2.23. The molecule has 0 unspecified atom stereocenters. The van der Waals surface area contributed by atoms with Crippen molar-refractivity contribution in [2.45, 2.75) is 6.54 Å². The van der Waals surface area contributed by atoms with Gasteiger partial charge in [-0.05, 0) is 21.5 Å². The molecule has 0 fully saturated rings. The highest BCUT2D eigenvalue weighted by Gasteiger charge is 2.16. The van der Waals surface area contributed by atoms with Crippen molar-refractivity contribution < 1.29 is 10.0 Å². The van der Waals surface area contributed by atoms with Gasteiger partial charge in [0.25, 0.3) is 5.69 Å². The van der Waals surface area contributed by atoms with Gasteiger partial charge in [0.2, 0.25) is 0 Å². The Morgan fingerprint density at radius 3 is 2.62 bits per heavy atom. The lowest BCUT2D eigenvalue weighted by molar-refractivity contribution is -0.385. The van der Waals surface area contributed by atoms with Crippen molar-refractivity contribution >= 4 is 27.4 Å². The molecule has 1 heterocycles. The summed E-state index contributed by atoms with van der Waals surface area (Å²) in [7, 11) is 0. The fourth-order valence-electron chi connectivity index (χ4n) is 1.94. The fourth-order valence-corrected chi connectivity index (χ4v) is 2.53. The third-order valence-electron chi connectivity index (χ3n) is 2.90. The largest absolute Gasteiger partial charge is 0.395 e. The van der Waals surface area contributed by atoms with E-state index < -0.39 is 4.92 Å². The van der Waals surface area contributed by atoms with Crippen molar-refractivity contribution in [3.63, 3.8) is 0 Å². The minimum Gasteiger partial charge on any atom is -0.395 e. The first-order valence-electron chi connectivity index (χ1n) is 6.31. The normalized spacial score (nSPS) is 10.4. The molecule has 0 saturated carbocycles. The highest BCUT2D eigenvalue weighted by molar-refractivity contribution is 9.10. The van der Waals surface area contributed by atoms with E-state index in [0.717, 1.165) is 5.56 Å². The van der Waals surface area contributed by atoms with Crippen molar-refractivity contribution in [1.82, 2.24) is 4.98 Å². The minimum absolute atomic E-state index is 0.0298. The van der Waals surface area contributed by atoms with Gasteiger partial charge in [0, 0.05) is 19.2 Å². The van der Waals surface area contributed by atoms with Crippen molar-refractivity contribution in [3.8, 4) is 0 Å². The van der Waals surface area contributed by atoms with E-state index in [4.69, 9.17) is 0 Å². The molecular formula is C14H14BrN3O3. The maximum atomic E-state index is 10.7. The number of halogens is 1. The Kier molecular flexibility index (Phi) is 5.24. The Hall–Kier alpha value is -1.99. The molecule has 0 spiro atoms. The number of benzene rings is 1. The summed E-state index contributed by atoms with van der Waals surface area (Å²) in [5.74, 6) is 0.568. The van der Waals surface area contributed by atoms with E-state index in [-0.39, 0.29) is 12.3 Å². The molecule has 7 heteroatoms. The zero-order valence-electron chi connectivity index (χ0n) is 11.1. The van der Waals surface area contributed by atoms with Crippen LogP contribution in [-0.2, 0) is 6.54 Å². The van der Waals surface area contributed by atoms with E-state index in [1.165, 1.54) is 12.3 Å². The second-order valence-electron chi connectivity index (χ2n) is 4.39. The molecule has 0 amide bonds. The van der Waals surface area contributed by atoms with Crippen molar-refractivity contribution in [2.75, 3.05) is 18.1 Å². The molecule has 2 rings (SSSR count). The van der Waals surface area contributed by atoms with Crippen LogP contribution in [0.4, 0.5) is 11.5 Å². The number of aliphatic hydroxyl groups excluding tert-OH is 1. The second-order valence-corrected chi connectivity index (χ2v) is 5.24. The smallest absolute Gasteiger partial charge is 0.288 e. The van der Waals surface area contributed by atoms with Gasteiger partial charge in [0.1, 0.15) is 12.0 Å². The van der Waals surface area contributed by atoms with Crippen LogP contribution in [0.1, 0.15) is 5.56 Å². The van der Waals surface area contributed by atoms with Crippen LogP contribution < -0.4 is 4.90 Å². The lowest BCUT2D eigenvalue weighted by Crippen LogP contribution is -2.27. The number of pyridine rings is 1. The van der Waals surface area contributed by atoms with Gasteiger partial charge in [-0.15, -0.1) is 0 Å². The van der Waals surface area contributed by atoms with Gasteiger partial charge in [-0.25, -0.2) is 4.98 Å². The minimum atomic E-state index is -0.491. The number of nitrogens with zero attached hydrogens (tertiary/aromatic N) is 3. The van der Waals surface area contributed by atoms with Crippen LogP contribution in [0.15, 0.2) is 47.1 Å². The van der Waals surface area contributed by atoms with Crippen molar-refractivity contribution in [3.05, 3.63) is 62.7 Å². The third kappa shape index (κ3) is 3.99. The highest BCUT2D eigenvalue weighted by atomic mass is 79.9. The molecule has 0 saturated heterocycles. The van der Waals surface area contributed by atoms with Crippen LogP contribution in [0.5, 0.6) is 0 Å². The first-order valence-corrected chi connectivity index (χ1v) is 7.11. The summed E-state index contributed by atoms with van der Waals surface area (Å²) in [6, 6.07) is 11.2. The first kappa shape index (κ1) is 15.4. The van der Waals surface area contributed by atoms with Crippen LogP contribution in [0.2, 0.25) is 0 Å². The van der Waals surface area contributed by atoms with E-state index in [2.05, 4.69) is 20.9 Å². The molecular weight excluding hydrogens is 338 g/mol. The molecule has 1 aromatic heterocycles. The van der Waals surface area contributed by atoms with Crippen LogP contribution in [0, 0.1) is 10.1 Å². The monoisotopic (exact) mass is 351 g/mol. The van der Waals surface area contributed by atoms with E-state index in [9.17, 15) is 15.2 Å². The molecule has 110 valence electrons. The van der Waals surface area contributed by atoms with Crippen LogP contribution in [-0.4, -0.2) is 28.2 Å². The number of nitro groups is 1. The van der Waals surface area contributed by atoms with Gasteiger partial charge in [-0.1, -0.05) is 30.3 Å². The molecule has 21 heavy (non-hydrogen) atoms. The van der Waals surface area contributed by atoms with Crippen molar-refractivity contribution in [1.29, 1.82) is 0 Å². The second kappa shape index (κ2) is 7.14. The molecule has 6 nitrogen and oxygen atoms in total. The summed E-state index contributed by atoms with van der Waals surface area (Å²) >= 11 is 3.31. The zero-order chi connectivity index (χ0) is 15.2. The van der Waals surface area contributed by atoms with Crippen LogP contribution >= 0.6 is 15.9 Å². The molecule has 1 aromatic carbocycles. The van der Waals surface area contributed by atoms with Crippen molar-refractivity contribution in [2.24, 2.45) is 0 Å². The van der Waals surface area contributed by atoms with Gasteiger partial charge < -0.3 is 10.0 Å². The van der Waals surface area contributed by atoms with Gasteiger partial charge in [-0.3, -0.25) is 10.1 Å². The molecule has 0 atom stereocenters. The molecule has 0 radical (unpaired) electrons. The maximum absolute atomic E-state index is 10.7. The quantitative estimate of drug-likeness (QED) is 0.639. The topological polar surface area (TPSA) is 79.5 Å². The Balaban J connectivity index is 2.27. The molecule has 0 bridgehead atoms. The van der Waals surface area contributed by atoms with E-state index in [1.54, 1.807) is 0 Å². The van der Waals surface area contributed by atoms with Crippen LogP contribution in [0.3, 0.4) is 0 Å². The van der Waals surface area contributed by atoms with Gasteiger partial charge >= 0.3 is 0 Å². The van der Waals surface area contributed by atoms with E-state index >= 15 is 0 Å². The average molecular weight is 352 g/mol. The Bertz CT molecular complexity index is 622. The third-order valence-corrected chi connectivity index (χ3v) is 3.49. The molecule has 0 aliphatic heterocycles. The Morgan fingerprint density at radius 2 is 2.05 bits per heavy atom. The summed E-state index contributed by atoms with van der Waals surface area (Å²) in [6.45, 7) is 0.918. The SMILES string of the molecule is O=[N+]([O-])c1cnc(N(CCO)Cc2ccccc2)c(Br)c1. The summed E-state index contributed by atoms with van der Waals surface area (Å²) in [6.07, 6.45) is 1.22. The number of hydrogen-bond donors (Lipinski definition) is 1. The maximum Gasteiger partial charge on any atom is 0.288 e. The molecule has 1 N–H and O–H groups in total. The average Bonchev–Trinajstić information content (AvgIpc) is 2.48. The van der Waals surface area contributed by atoms with E-state index in [0.29, 0.717) is 23.4 Å². The number of rotatable bonds is 6. The molecule has 0 aliphatic rings. The summed E-state index contributed by atoms with van der Waals surface area (Å²) in [4.78, 5) is 16.3. The summed E-state index contributed by atoms with van der Waals surface area (Å²) < 4.78 is 0.529. The first-order chi connectivity index (χ1) is 10.1. The van der Waals surface area contributed by atoms with Gasteiger partial charge in [0.05, 0.1) is 16.0 Å². The lowest BCUT2D eigenvalue weighted by atomic mass is 10.2. The fraction of sp³-hybridized carbons (Fsp3) is 0.214. The van der Waals surface area contributed by atoms with Gasteiger partial charge in [0.15, 0.2) is 0 Å². The predicted octanol–water partition coefficient (Wildman–Crippen LogP) is 2.75. The number of anilines is 1. The molecule has 0 aliphatic carbocycles. The number of hydrogen-bond acceptors (Lipinski definition) is 5. The highest BCUT2D eigenvalue weighted by Crippen LogP contribution is 2.28. The Labute approximate surface area is 130 Å². The van der Waals surface area contributed by atoms with Crippen LogP contribution in [0.25, 0.3) is 0 Å². The zero-order valence-corrected chi connectivity index (χ0v) is 12.7. The Morgan fingerprint density at radius 1 is 1.33 bits per heavy atom. The predicted molar refractivity (Wildman–Crippen MR) is 83.2 cm³/mol. The summed E-state index contributed by atoms with van der Waals surface area (Å²) in [5, 5.41) is 20.0. The number of aliphatic hydroxyl groups is 1. The molecule has 2 aromatic rings. The summed E-state index contributed by atoms with van der Waals surface area (Å²) in [5.41, 5.74) is 0.993.